The van der Waals surface area contributed by atoms with Crippen LogP contribution in [0.25, 0.3) is 0 Å². The average molecular weight is 627 g/mol. The van der Waals surface area contributed by atoms with Crippen molar-refractivity contribution in [2.24, 2.45) is 0 Å². The molecule has 0 aliphatic heterocycles. The number of nitrogens with zero attached hydrogens (tertiary/aromatic N) is 3. The molecule has 43 heavy (non-hydrogen) atoms. The predicted molar refractivity (Wildman–Crippen MR) is 163 cm³/mol. The monoisotopic (exact) mass is 626 g/mol. The lowest BCUT2D eigenvalue weighted by Gasteiger charge is -2.19. The van der Waals surface area contributed by atoms with Gasteiger partial charge in [0.15, 0.2) is 5.82 Å². The maximum absolute atomic E-state index is 13.4. The number of nitrogens with one attached hydrogen (secondary N) is 3. The Morgan fingerprint density at radius 2 is 1.81 bits per heavy atom. The first kappa shape index (κ1) is 31.3. The zero-order valence-electron chi connectivity index (χ0n) is 23.9. The van der Waals surface area contributed by atoms with Crippen molar-refractivity contribution in [2.75, 3.05) is 30.3 Å². The molecule has 4 rings (SSSR count). The number of amides is 2. The molecule has 0 aliphatic rings. The summed E-state index contributed by atoms with van der Waals surface area (Å²) in [6, 6.07) is 14.2. The molecule has 14 heteroatoms. The summed E-state index contributed by atoms with van der Waals surface area (Å²) in [4.78, 5) is 24.4. The Morgan fingerprint density at radius 3 is 2.49 bits per heavy atom. The van der Waals surface area contributed by atoms with Crippen LogP contribution >= 0.6 is 11.6 Å². The van der Waals surface area contributed by atoms with Gasteiger partial charge in [-0.15, -0.1) is 0 Å². The second-order valence-electron chi connectivity index (χ2n) is 10.1. The minimum Gasteiger partial charge on any atom is -0.497 e. The van der Waals surface area contributed by atoms with E-state index in [9.17, 15) is 13.2 Å². The largest absolute Gasteiger partial charge is 0.497 e. The number of pyridine rings is 1. The Balaban J connectivity index is 1.57. The van der Waals surface area contributed by atoms with Crippen LogP contribution in [0.3, 0.4) is 0 Å². The number of urea groups is 1. The third-order valence-electron chi connectivity index (χ3n) is 5.93. The van der Waals surface area contributed by atoms with E-state index in [0.717, 1.165) is 11.9 Å². The lowest BCUT2D eigenvalue weighted by atomic mass is 9.87. The van der Waals surface area contributed by atoms with Crippen molar-refractivity contribution < 1.29 is 27.4 Å². The number of carbonyl (C=O) groups excluding carboxylic acids is 1. The number of aromatic nitrogens is 3. The number of ether oxygens (including phenoxy) is 3. The number of carbonyl (C=O) groups is 1. The van der Waals surface area contributed by atoms with E-state index in [0.29, 0.717) is 11.4 Å². The van der Waals surface area contributed by atoms with E-state index in [2.05, 4.69) is 30.3 Å². The lowest BCUT2D eigenvalue weighted by Crippen LogP contribution is -2.32. The molecule has 0 saturated heterocycles. The van der Waals surface area contributed by atoms with Gasteiger partial charge in [0.1, 0.15) is 24.4 Å². The molecule has 2 aromatic heterocycles. The topological polar surface area (TPSA) is 154 Å². The summed E-state index contributed by atoms with van der Waals surface area (Å²) in [6.07, 6.45) is 4.22. The lowest BCUT2D eigenvalue weighted by molar-refractivity contribution is 0.245. The first-order chi connectivity index (χ1) is 20.5. The molecule has 0 unspecified atom stereocenters. The van der Waals surface area contributed by atoms with Gasteiger partial charge < -0.3 is 24.8 Å². The molecule has 0 atom stereocenters. The fourth-order valence-electron chi connectivity index (χ4n) is 3.67. The van der Waals surface area contributed by atoms with Crippen LogP contribution in [0.15, 0.2) is 78.2 Å². The normalized spacial score (nSPS) is 11.4. The molecule has 0 aliphatic carbocycles. The molecular weight excluding hydrogens is 596 g/mol. The zero-order valence-corrected chi connectivity index (χ0v) is 25.5. The number of hydrogen-bond acceptors (Lipinski definition) is 9. The van der Waals surface area contributed by atoms with E-state index in [1.807, 2.05) is 20.8 Å². The predicted octanol–water partition coefficient (Wildman–Crippen LogP) is 5.62. The van der Waals surface area contributed by atoms with Crippen molar-refractivity contribution in [1.82, 2.24) is 20.3 Å². The van der Waals surface area contributed by atoms with E-state index >= 15 is 0 Å². The van der Waals surface area contributed by atoms with Crippen molar-refractivity contribution in [3.05, 3.63) is 83.9 Å². The molecule has 0 radical (unpaired) electrons. The van der Waals surface area contributed by atoms with Gasteiger partial charge in [-0.3, -0.25) is 9.71 Å². The minimum absolute atomic E-state index is 0.0239. The third-order valence-corrected chi connectivity index (χ3v) is 7.60. The number of anilines is 2. The molecule has 0 spiro atoms. The van der Waals surface area contributed by atoms with Gasteiger partial charge in [0.05, 0.1) is 35.5 Å². The Kier molecular flexibility index (Phi) is 9.88. The number of rotatable bonds is 11. The Bertz CT molecular complexity index is 1670. The van der Waals surface area contributed by atoms with Crippen LogP contribution in [-0.2, 0) is 15.4 Å². The summed E-state index contributed by atoms with van der Waals surface area (Å²) in [7, 11) is -2.62. The van der Waals surface area contributed by atoms with E-state index < -0.39 is 16.1 Å². The average Bonchev–Trinajstić information content (AvgIpc) is 2.97. The first-order valence-corrected chi connectivity index (χ1v) is 14.9. The molecule has 0 saturated carbocycles. The van der Waals surface area contributed by atoms with Crippen molar-refractivity contribution in [3.8, 4) is 23.1 Å². The van der Waals surface area contributed by atoms with Gasteiger partial charge in [0.25, 0.3) is 15.9 Å². The van der Waals surface area contributed by atoms with Crippen LogP contribution in [0.1, 0.15) is 26.3 Å². The number of halogens is 1. The van der Waals surface area contributed by atoms with Gasteiger partial charge in [-0.25, -0.2) is 18.2 Å². The number of hydrogen-bond donors (Lipinski definition) is 3. The number of methoxy groups -OCH3 is 1. The smallest absolute Gasteiger partial charge is 0.319 e. The van der Waals surface area contributed by atoms with Crippen molar-refractivity contribution >= 4 is 39.2 Å². The maximum Gasteiger partial charge on any atom is 0.319 e. The van der Waals surface area contributed by atoms with Crippen molar-refractivity contribution in [1.29, 1.82) is 0 Å². The van der Waals surface area contributed by atoms with Crippen LogP contribution in [-0.4, -0.2) is 49.7 Å². The van der Waals surface area contributed by atoms with Gasteiger partial charge in [0.2, 0.25) is 5.75 Å². The minimum atomic E-state index is -4.10. The molecule has 12 nitrogen and oxygen atoms in total. The highest BCUT2D eigenvalue weighted by molar-refractivity contribution is 7.92. The fourth-order valence-corrected chi connectivity index (χ4v) is 4.84. The van der Waals surface area contributed by atoms with Gasteiger partial charge in [-0.2, -0.15) is 4.98 Å². The van der Waals surface area contributed by atoms with E-state index in [1.54, 1.807) is 42.6 Å². The summed E-state index contributed by atoms with van der Waals surface area (Å²) in [6.45, 7) is 6.14. The van der Waals surface area contributed by atoms with Crippen LogP contribution < -0.4 is 29.6 Å². The molecule has 4 aromatic rings. The highest BCUT2D eigenvalue weighted by Crippen LogP contribution is 2.40. The summed E-state index contributed by atoms with van der Waals surface area (Å²) in [5, 5.41) is 5.51. The molecule has 226 valence electrons. The summed E-state index contributed by atoms with van der Waals surface area (Å²) < 4.78 is 46.2. The van der Waals surface area contributed by atoms with Crippen LogP contribution in [0, 0.1) is 0 Å². The van der Waals surface area contributed by atoms with Crippen LogP contribution in [0.5, 0.6) is 23.1 Å². The third kappa shape index (κ3) is 8.46. The van der Waals surface area contributed by atoms with Gasteiger partial charge in [-0.05, 0) is 47.4 Å². The molecule has 3 N–H and O–H groups in total. The highest BCUT2D eigenvalue weighted by atomic mass is 35.5. The van der Waals surface area contributed by atoms with Crippen LogP contribution in [0.4, 0.5) is 16.3 Å². The molecule has 2 heterocycles. The standard InChI is InChI=1S/C29H31ClN6O6S/c1-29(2,3)19-7-10-22(11-8-19)43(38,39)36-26-25(42-24-16-21(40-4)9-12-23(24)30)27(34-18-33-26)41-15-14-32-28(37)35-20-6-5-13-31-17-20/h5-13,16-18H,14-15H2,1-4H3,(H2,32,35,37)(H,33,34,36). The van der Waals surface area contributed by atoms with E-state index in [-0.39, 0.29) is 51.7 Å². The fraction of sp³-hybridized carbons (Fsp3) is 0.241. The molecule has 2 amide bonds. The molecule has 2 aromatic carbocycles. The van der Waals surface area contributed by atoms with Gasteiger partial charge in [0, 0.05) is 12.3 Å². The van der Waals surface area contributed by atoms with Crippen molar-refractivity contribution in [3.63, 3.8) is 0 Å². The second kappa shape index (κ2) is 13.6. The number of sulfonamides is 1. The maximum atomic E-state index is 13.4. The van der Waals surface area contributed by atoms with Crippen LogP contribution in [0.2, 0.25) is 5.02 Å². The highest BCUT2D eigenvalue weighted by Gasteiger charge is 2.24. The zero-order chi connectivity index (χ0) is 31.0. The molecular formula is C29H31ClN6O6S. The summed E-state index contributed by atoms with van der Waals surface area (Å²) in [5.74, 6) is 0.163. The molecule has 0 bridgehead atoms. The SMILES string of the molecule is COc1ccc(Cl)c(Oc2c(NS(=O)(=O)c3ccc(C(C)(C)C)cc3)ncnc2OCCNC(=O)Nc2cccnc2)c1. The van der Waals surface area contributed by atoms with Crippen molar-refractivity contribution in [2.45, 2.75) is 31.1 Å². The quantitative estimate of drug-likeness (QED) is 0.180. The number of benzene rings is 2. The summed E-state index contributed by atoms with van der Waals surface area (Å²) >= 11 is 6.36. The van der Waals surface area contributed by atoms with Gasteiger partial charge >= 0.3 is 6.03 Å². The Morgan fingerprint density at radius 1 is 1.05 bits per heavy atom. The van der Waals surface area contributed by atoms with Gasteiger partial charge in [-0.1, -0.05) is 44.5 Å². The summed E-state index contributed by atoms with van der Waals surface area (Å²) in [5.41, 5.74) is 1.34. The van der Waals surface area contributed by atoms with E-state index in [4.69, 9.17) is 25.8 Å². The molecule has 0 fully saturated rings. The Hall–Kier alpha value is -4.62. The second-order valence-corrected chi connectivity index (χ2v) is 12.2. The Labute approximate surface area is 254 Å². The van der Waals surface area contributed by atoms with E-state index in [1.165, 1.54) is 31.5 Å². The first-order valence-electron chi connectivity index (χ1n) is 13.0.